The molecule has 1 nitrogen and oxygen atoms in total. The van der Waals surface area contributed by atoms with E-state index in [0.29, 0.717) is 15.5 Å². The Hall–Kier alpha value is -0.175. The summed E-state index contributed by atoms with van der Waals surface area (Å²) in [5.74, 6) is 0. The Balaban J connectivity index is 3.17. The maximum absolute atomic E-state index is 8.75. The maximum atomic E-state index is 8.75. The van der Waals surface area contributed by atoms with E-state index in [1.165, 1.54) is 0 Å². The second-order valence-corrected chi connectivity index (χ2v) is 2.72. The Labute approximate surface area is 69.9 Å². The summed E-state index contributed by atoms with van der Waals surface area (Å²) in [5.41, 5.74) is 0.638. The van der Waals surface area contributed by atoms with E-state index in [2.05, 4.69) is 0 Å². The molecule has 0 heterocycles. The lowest BCUT2D eigenvalue weighted by Crippen LogP contribution is -2.16. The van der Waals surface area contributed by atoms with Gasteiger partial charge in [0.1, 0.15) is 0 Å². The minimum Gasteiger partial charge on any atom is -0.449 e. The van der Waals surface area contributed by atoms with Crippen LogP contribution >= 0.6 is 11.6 Å². The molecule has 0 amide bonds. The highest BCUT2D eigenvalue weighted by atomic mass is 35.5. The molecule has 0 unspecified atom stereocenters. The average Bonchev–Trinajstić information content (AvgIpc) is 1.88. The van der Waals surface area contributed by atoms with Gasteiger partial charge in [0.15, 0.2) is 11.6 Å². The minimum atomic E-state index is -0.0848. The van der Waals surface area contributed by atoms with Crippen molar-refractivity contribution in [3.8, 4) is 0 Å². The zero-order chi connectivity index (χ0) is 7.56. The van der Waals surface area contributed by atoms with Crippen LogP contribution in [0.2, 0.25) is 10.0 Å². The van der Waals surface area contributed by atoms with Crippen molar-refractivity contribution >= 4 is 24.5 Å². The van der Waals surface area contributed by atoms with Crippen LogP contribution in [0.25, 0.3) is 0 Å². The number of hydrogen-bond donors (Lipinski definition) is 1. The van der Waals surface area contributed by atoms with E-state index >= 15 is 0 Å². The van der Waals surface area contributed by atoms with Crippen LogP contribution in [0, 0.1) is 11.6 Å². The molecule has 0 fully saturated rings. The summed E-state index contributed by atoms with van der Waals surface area (Å²) in [4.78, 5) is 0. The monoisotopic (exact) mass is 175 g/mol. The van der Waals surface area contributed by atoms with E-state index in [0.717, 1.165) is 0 Å². The summed E-state index contributed by atoms with van der Waals surface area (Å²) < 4.78 is 0. The molecule has 1 N–H and O–H groups in total. The minimum absolute atomic E-state index is 0.0848. The largest absolute Gasteiger partial charge is 0.449 e. The Kier molecular flexibility index (Phi) is 2.60. The summed E-state index contributed by atoms with van der Waals surface area (Å²) in [6.45, 7) is 0. The van der Waals surface area contributed by atoms with Crippen molar-refractivity contribution in [2.45, 2.75) is 0 Å². The van der Waals surface area contributed by atoms with Crippen LogP contribution in [0.4, 0.5) is 0 Å². The van der Waals surface area contributed by atoms with Gasteiger partial charge in [-0.25, -0.2) is 0 Å². The molecule has 10 heavy (non-hydrogen) atoms. The molecule has 1 aromatic rings. The Bertz CT molecular complexity index is 219. The standard InChI is InChI=1S/C6H6BCl2O/c8-4-2-1-3-5(9)6(4)7-10/h1-3,7-8,10H/q+1. The zero-order valence-electron chi connectivity index (χ0n) is 5.17. The predicted octanol–water partition coefficient (Wildman–Crippen LogP) is 0.00530. The van der Waals surface area contributed by atoms with Crippen molar-refractivity contribution in [2.24, 2.45) is 0 Å². The van der Waals surface area contributed by atoms with Crippen LogP contribution in [0.5, 0.6) is 0 Å². The summed E-state index contributed by atoms with van der Waals surface area (Å²) in [6.07, 6.45) is 0. The molecule has 4 heteroatoms. The highest BCUT2D eigenvalue weighted by Gasteiger charge is 2.09. The average molecular weight is 176 g/mol. The van der Waals surface area contributed by atoms with Gasteiger partial charge in [0.25, 0.3) is 0 Å². The van der Waals surface area contributed by atoms with Crippen molar-refractivity contribution in [1.29, 1.82) is 0 Å². The molecule has 0 aliphatic rings. The third-order valence-electron chi connectivity index (χ3n) is 1.23. The first-order valence-corrected chi connectivity index (χ1v) is 3.59. The molecule has 0 spiro atoms. The molecular weight excluding hydrogens is 170 g/mol. The molecule has 52 valence electrons. The summed E-state index contributed by atoms with van der Waals surface area (Å²) in [5, 5.41) is 9.91. The summed E-state index contributed by atoms with van der Waals surface area (Å²) in [6, 6.07) is 5.22. The number of hydrogen-bond acceptors (Lipinski definition) is 1. The lowest BCUT2D eigenvalue weighted by molar-refractivity contribution is -0.287. The van der Waals surface area contributed by atoms with Gasteiger partial charge in [-0.1, -0.05) is 17.7 Å². The van der Waals surface area contributed by atoms with Crippen LogP contribution in [0.1, 0.15) is 0 Å². The van der Waals surface area contributed by atoms with Gasteiger partial charge in [0.2, 0.25) is 5.02 Å². The first-order chi connectivity index (χ1) is 4.75. The molecule has 0 bridgehead atoms. The van der Waals surface area contributed by atoms with E-state index < -0.39 is 0 Å². The maximum Gasteiger partial charge on any atom is 0.312 e. The lowest BCUT2D eigenvalue weighted by Gasteiger charge is -1.94. The van der Waals surface area contributed by atoms with E-state index in [1.807, 2.05) is 0 Å². The molecule has 0 saturated carbocycles. The van der Waals surface area contributed by atoms with Gasteiger partial charge in [-0.3, -0.25) is 0 Å². The molecule has 0 saturated heterocycles. The van der Waals surface area contributed by atoms with Gasteiger partial charge in [-0.05, 0) is 6.07 Å². The van der Waals surface area contributed by atoms with Gasteiger partial charge in [-0.2, -0.15) is 0 Å². The van der Waals surface area contributed by atoms with Crippen molar-refractivity contribution < 1.29 is 16.6 Å². The van der Waals surface area contributed by atoms with Crippen LogP contribution in [0.15, 0.2) is 18.2 Å². The summed E-state index contributed by atoms with van der Waals surface area (Å²) in [7, 11) is -0.0848. The molecule has 0 atom stereocenters. The number of halogens is 2. The van der Waals surface area contributed by atoms with Gasteiger partial charge in [0, 0.05) is 16.6 Å². The fourth-order valence-electron chi connectivity index (χ4n) is 0.692. The van der Waals surface area contributed by atoms with Gasteiger partial charge in [0.05, 0.1) is 0 Å². The SMILES string of the molecule is OBc1c(Cl)cccc1[ClH+]. The van der Waals surface area contributed by atoms with E-state index in [1.54, 1.807) is 18.2 Å². The van der Waals surface area contributed by atoms with E-state index in [9.17, 15) is 0 Å². The number of benzene rings is 1. The first kappa shape index (κ1) is 7.93. The van der Waals surface area contributed by atoms with Gasteiger partial charge >= 0.3 is 7.48 Å². The van der Waals surface area contributed by atoms with Crippen LogP contribution in [-0.2, 0) is 0 Å². The quantitative estimate of drug-likeness (QED) is 0.597. The molecule has 0 aromatic heterocycles. The second kappa shape index (κ2) is 3.29. The Morgan fingerprint density at radius 3 is 2.60 bits per heavy atom. The Morgan fingerprint density at radius 1 is 1.50 bits per heavy atom. The van der Waals surface area contributed by atoms with E-state index in [-0.39, 0.29) is 7.48 Å². The molecule has 0 aliphatic carbocycles. The second-order valence-electron chi connectivity index (χ2n) is 1.87. The van der Waals surface area contributed by atoms with Crippen molar-refractivity contribution in [2.75, 3.05) is 0 Å². The highest BCUT2D eigenvalue weighted by molar-refractivity contribution is 6.53. The fourth-order valence-corrected chi connectivity index (χ4v) is 1.24. The first-order valence-electron chi connectivity index (χ1n) is 2.81. The van der Waals surface area contributed by atoms with Gasteiger partial charge < -0.3 is 5.02 Å². The van der Waals surface area contributed by atoms with Crippen LogP contribution in [0.3, 0.4) is 0 Å². The number of rotatable bonds is 1. The fraction of sp³-hybridized carbons (Fsp3) is 0. The molecule has 0 aliphatic heterocycles. The highest BCUT2D eigenvalue weighted by Crippen LogP contribution is 2.06. The topological polar surface area (TPSA) is 20.2 Å². The summed E-state index contributed by atoms with van der Waals surface area (Å²) >= 11 is 10.6. The van der Waals surface area contributed by atoms with Crippen molar-refractivity contribution in [1.82, 2.24) is 0 Å². The molecule has 0 radical (unpaired) electrons. The predicted molar refractivity (Wildman–Crippen MR) is 41.0 cm³/mol. The smallest absolute Gasteiger partial charge is 0.312 e. The normalized spacial score (nSPS) is 9.50. The van der Waals surface area contributed by atoms with Crippen LogP contribution in [-0.4, -0.2) is 12.5 Å². The molecular formula is C6H6BCl2O+. The lowest BCUT2D eigenvalue weighted by atomic mass is 9.89. The van der Waals surface area contributed by atoms with Gasteiger partial charge in [-0.15, -0.1) is 0 Å². The van der Waals surface area contributed by atoms with E-state index in [4.69, 9.17) is 28.2 Å². The zero-order valence-corrected chi connectivity index (χ0v) is 6.75. The Morgan fingerprint density at radius 2 is 2.20 bits per heavy atom. The third kappa shape index (κ3) is 1.46. The van der Waals surface area contributed by atoms with Crippen molar-refractivity contribution in [3.05, 3.63) is 28.2 Å². The molecule has 1 rings (SSSR count). The van der Waals surface area contributed by atoms with Crippen molar-refractivity contribution in [3.63, 3.8) is 0 Å². The van der Waals surface area contributed by atoms with Crippen LogP contribution < -0.4 is 5.46 Å². The molecule has 1 aromatic carbocycles. The third-order valence-corrected chi connectivity index (χ3v) is 1.97.